The van der Waals surface area contributed by atoms with Gasteiger partial charge in [0.2, 0.25) is 0 Å². The fraction of sp³-hybridized carbons (Fsp3) is 0.143. The van der Waals surface area contributed by atoms with Gasteiger partial charge in [-0.3, -0.25) is 0 Å². The zero-order valence-electron chi connectivity index (χ0n) is 10.5. The quantitative estimate of drug-likeness (QED) is 0.837. The second-order valence-electron chi connectivity index (χ2n) is 4.17. The molecule has 0 aromatic heterocycles. The lowest BCUT2D eigenvalue weighted by Crippen LogP contribution is -2.29. The first kappa shape index (κ1) is 12.5. The van der Waals surface area contributed by atoms with Crippen LogP contribution in [0.3, 0.4) is 0 Å². The van der Waals surface area contributed by atoms with Gasteiger partial charge in [0.15, 0.2) is 0 Å². The average molecular weight is 242 g/mol. The fourth-order valence-corrected chi connectivity index (χ4v) is 1.49. The summed E-state index contributed by atoms with van der Waals surface area (Å²) < 4.78 is 10.5. The molecule has 0 saturated carbocycles. The van der Waals surface area contributed by atoms with E-state index >= 15 is 0 Å². The van der Waals surface area contributed by atoms with Crippen LogP contribution in [0.15, 0.2) is 48.5 Å². The Morgan fingerprint density at radius 3 is 1.39 bits per heavy atom. The highest BCUT2D eigenvalue weighted by atomic mass is 16.7. The third-order valence-corrected chi connectivity index (χ3v) is 2.52. The van der Waals surface area contributed by atoms with Gasteiger partial charge in [-0.2, -0.15) is 0 Å². The van der Waals surface area contributed by atoms with Gasteiger partial charge >= 0.3 is 7.32 Å². The highest BCUT2D eigenvalue weighted by Crippen LogP contribution is 2.15. The second-order valence-corrected chi connectivity index (χ2v) is 4.17. The fourth-order valence-electron chi connectivity index (χ4n) is 1.49. The maximum Gasteiger partial charge on any atom is 0.785 e. The Morgan fingerprint density at radius 2 is 1.06 bits per heavy atom. The van der Waals surface area contributed by atoms with Gasteiger partial charge in [-0.1, -0.05) is 35.4 Å². The number of rotatable bonds is 4. The van der Waals surface area contributed by atoms with Crippen molar-refractivity contribution in [3.63, 3.8) is 0 Å². The summed E-state index contributed by atoms with van der Waals surface area (Å²) in [7, 11) is -1.31. The van der Waals surface area contributed by atoms with Gasteiger partial charge in [-0.05, 0) is 38.1 Å². The predicted octanol–water partition coefficient (Wildman–Crippen LogP) is 2.74. The van der Waals surface area contributed by atoms with Crippen LogP contribution in [0.25, 0.3) is 0 Å². The van der Waals surface area contributed by atoms with E-state index in [0.717, 1.165) is 11.1 Å². The molecule has 0 radical (unpaired) electrons. The zero-order valence-corrected chi connectivity index (χ0v) is 10.5. The zero-order chi connectivity index (χ0) is 13.0. The second kappa shape index (κ2) is 5.60. The van der Waals surface area contributed by atoms with Gasteiger partial charge in [-0.15, -0.1) is 0 Å². The maximum atomic E-state index is 9.65. The Bertz CT molecular complexity index is 446. The van der Waals surface area contributed by atoms with Crippen LogP contribution in [0.2, 0.25) is 0 Å². The summed E-state index contributed by atoms with van der Waals surface area (Å²) in [6.07, 6.45) is 0. The monoisotopic (exact) mass is 242 g/mol. The summed E-state index contributed by atoms with van der Waals surface area (Å²) in [6.45, 7) is 3.98. The average Bonchev–Trinajstić information content (AvgIpc) is 2.35. The molecule has 0 aliphatic heterocycles. The SMILES string of the molecule is Cc1ccc(OB(O)Oc2ccc(C)cc2)cc1. The summed E-state index contributed by atoms with van der Waals surface area (Å²) in [5.74, 6) is 1.14. The Balaban J connectivity index is 1.94. The van der Waals surface area contributed by atoms with E-state index in [0.29, 0.717) is 11.5 Å². The number of benzene rings is 2. The van der Waals surface area contributed by atoms with E-state index in [-0.39, 0.29) is 0 Å². The molecule has 92 valence electrons. The maximum absolute atomic E-state index is 9.65. The van der Waals surface area contributed by atoms with Crippen LogP contribution in [-0.4, -0.2) is 12.3 Å². The van der Waals surface area contributed by atoms with Gasteiger partial charge in [-0.25, -0.2) is 0 Å². The smallest absolute Gasteiger partial charge is 0.501 e. The Labute approximate surface area is 107 Å². The Morgan fingerprint density at radius 1 is 0.722 bits per heavy atom. The summed E-state index contributed by atoms with van der Waals surface area (Å²) in [5, 5.41) is 9.65. The van der Waals surface area contributed by atoms with Crippen LogP contribution in [0.4, 0.5) is 0 Å². The van der Waals surface area contributed by atoms with Crippen molar-refractivity contribution in [3.8, 4) is 11.5 Å². The highest BCUT2D eigenvalue weighted by molar-refractivity contribution is 6.36. The lowest BCUT2D eigenvalue weighted by molar-refractivity contribution is 0.298. The number of aryl methyl sites for hydroxylation is 2. The first-order chi connectivity index (χ1) is 8.63. The summed E-state index contributed by atoms with van der Waals surface area (Å²) in [5.41, 5.74) is 2.27. The Kier molecular flexibility index (Phi) is 3.90. The minimum absolute atomic E-state index is 0.570. The first-order valence-electron chi connectivity index (χ1n) is 5.78. The molecule has 18 heavy (non-hydrogen) atoms. The van der Waals surface area contributed by atoms with Crippen molar-refractivity contribution in [1.82, 2.24) is 0 Å². The van der Waals surface area contributed by atoms with E-state index in [1.165, 1.54) is 0 Å². The molecule has 2 rings (SSSR count). The topological polar surface area (TPSA) is 38.7 Å². The van der Waals surface area contributed by atoms with Crippen molar-refractivity contribution >= 4 is 7.32 Å². The molecule has 2 aromatic rings. The largest absolute Gasteiger partial charge is 0.785 e. The van der Waals surface area contributed by atoms with Crippen LogP contribution in [0.5, 0.6) is 11.5 Å². The van der Waals surface area contributed by atoms with Crippen molar-refractivity contribution < 1.29 is 14.3 Å². The van der Waals surface area contributed by atoms with Gasteiger partial charge in [0, 0.05) is 0 Å². The highest BCUT2D eigenvalue weighted by Gasteiger charge is 2.20. The normalized spacial score (nSPS) is 9.94. The molecule has 0 heterocycles. The molecular weight excluding hydrogens is 227 g/mol. The van der Waals surface area contributed by atoms with Crippen molar-refractivity contribution in [2.75, 3.05) is 0 Å². The van der Waals surface area contributed by atoms with E-state index in [1.54, 1.807) is 24.3 Å². The summed E-state index contributed by atoms with van der Waals surface area (Å²) in [6, 6.07) is 14.8. The van der Waals surface area contributed by atoms with E-state index in [1.807, 2.05) is 38.1 Å². The van der Waals surface area contributed by atoms with Crippen LogP contribution in [0.1, 0.15) is 11.1 Å². The molecule has 0 fully saturated rings. The van der Waals surface area contributed by atoms with Gasteiger partial charge < -0.3 is 14.3 Å². The number of hydrogen-bond acceptors (Lipinski definition) is 3. The van der Waals surface area contributed by atoms with E-state index in [2.05, 4.69) is 0 Å². The molecule has 0 saturated heterocycles. The molecule has 4 heteroatoms. The van der Waals surface area contributed by atoms with Crippen molar-refractivity contribution in [2.45, 2.75) is 13.8 Å². The minimum Gasteiger partial charge on any atom is -0.501 e. The molecule has 0 bridgehead atoms. The molecule has 0 aliphatic carbocycles. The molecule has 0 atom stereocenters. The van der Waals surface area contributed by atoms with Crippen LogP contribution >= 0.6 is 0 Å². The molecule has 2 aromatic carbocycles. The van der Waals surface area contributed by atoms with E-state index < -0.39 is 7.32 Å². The third-order valence-electron chi connectivity index (χ3n) is 2.52. The van der Waals surface area contributed by atoms with Crippen molar-refractivity contribution in [3.05, 3.63) is 59.7 Å². The molecule has 1 N–H and O–H groups in total. The van der Waals surface area contributed by atoms with E-state index in [4.69, 9.17) is 9.31 Å². The predicted molar refractivity (Wildman–Crippen MR) is 71.6 cm³/mol. The van der Waals surface area contributed by atoms with Crippen molar-refractivity contribution in [1.29, 1.82) is 0 Å². The summed E-state index contributed by atoms with van der Waals surface area (Å²) in [4.78, 5) is 0. The molecule has 0 aliphatic rings. The van der Waals surface area contributed by atoms with Crippen LogP contribution < -0.4 is 9.31 Å². The molecule has 0 amide bonds. The standard InChI is InChI=1S/C14H15BO3/c1-11-3-7-13(8-4-11)17-15(16)18-14-9-5-12(2)6-10-14/h3-10,16H,1-2H3. The van der Waals surface area contributed by atoms with Crippen LogP contribution in [-0.2, 0) is 0 Å². The third kappa shape index (κ3) is 3.53. The summed E-state index contributed by atoms with van der Waals surface area (Å²) >= 11 is 0. The Hall–Kier alpha value is -1.94. The lowest BCUT2D eigenvalue weighted by Gasteiger charge is -2.11. The number of hydrogen-bond donors (Lipinski definition) is 1. The minimum atomic E-state index is -1.31. The molecular formula is C14H15BO3. The van der Waals surface area contributed by atoms with Crippen molar-refractivity contribution in [2.24, 2.45) is 0 Å². The van der Waals surface area contributed by atoms with E-state index in [9.17, 15) is 5.02 Å². The molecule has 0 unspecified atom stereocenters. The van der Waals surface area contributed by atoms with Gasteiger partial charge in [0.25, 0.3) is 0 Å². The van der Waals surface area contributed by atoms with Crippen LogP contribution in [0, 0.1) is 13.8 Å². The molecule has 0 spiro atoms. The molecule has 3 nitrogen and oxygen atoms in total. The lowest BCUT2D eigenvalue weighted by atomic mass is 10.2. The first-order valence-corrected chi connectivity index (χ1v) is 5.78. The van der Waals surface area contributed by atoms with Gasteiger partial charge in [0.1, 0.15) is 11.5 Å². The van der Waals surface area contributed by atoms with Gasteiger partial charge in [0.05, 0.1) is 0 Å².